The van der Waals surface area contributed by atoms with E-state index in [1.54, 1.807) is 0 Å². The van der Waals surface area contributed by atoms with Crippen LogP contribution in [0.5, 0.6) is 0 Å². The summed E-state index contributed by atoms with van der Waals surface area (Å²) in [6.07, 6.45) is -0.859. The standard InChI is InChI=1S/C31H27N3O4/c35-30(25-10-5-7-22-6-1-2-8-24(22)25)32-27-11-4-3-9-26(27)29-19-23-13-12-21(18-28(23)38-29)20-33-14-16-34(17-15-33)31(36)37/h1-13,18-19H,14-17,20H2,(H,32,35)(H,36,37). The lowest BCUT2D eigenvalue weighted by Crippen LogP contribution is -2.47. The van der Waals surface area contributed by atoms with E-state index >= 15 is 0 Å². The van der Waals surface area contributed by atoms with Crippen molar-refractivity contribution in [2.75, 3.05) is 31.5 Å². The minimum Gasteiger partial charge on any atom is -0.465 e. The second kappa shape index (κ2) is 10.0. The third kappa shape index (κ3) is 4.71. The zero-order chi connectivity index (χ0) is 26.1. The van der Waals surface area contributed by atoms with Gasteiger partial charge in [-0.2, -0.15) is 0 Å². The molecule has 0 aliphatic carbocycles. The number of hydrogen-bond donors (Lipinski definition) is 2. The summed E-state index contributed by atoms with van der Waals surface area (Å²) in [6.45, 7) is 3.18. The van der Waals surface area contributed by atoms with Crippen molar-refractivity contribution in [3.63, 3.8) is 0 Å². The molecule has 0 bridgehead atoms. The first-order valence-corrected chi connectivity index (χ1v) is 12.7. The van der Waals surface area contributed by atoms with Crippen molar-refractivity contribution in [3.8, 4) is 11.3 Å². The van der Waals surface area contributed by atoms with E-state index in [9.17, 15) is 9.59 Å². The Morgan fingerprint density at radius 2 is 1.58 bits per heavy atom. The Labute approximate surface area is 219 Å². The van der Waals surface area contributed by atoms with Gasteiger partial charge in [0.05, 0.1) is 5.69 Å². The van der Waals surface area contributed by atoms with Crippen molar-refractivity contribution < 1.29 is 19.1 Å². The van der Waals surface area contributed by atoms with Gasteiger partial charge in [0, 0.05) is 49.2 Å². The van der Waals surface area contributed by atoms with Crippen LogP contribution in [0.2, 0.25) is 0 Å². The minimum absolute atomic E-state index is 0.171. The van der Waals surface area contributed by atoms with Gasteiger partial charge in [0.1, 0.15) is 11.3 Å². The maximum Gasteiger partial charge on any atom is 0.407 e. The number of carbonyl (C=O) groups excluding carboxylic acids is 1. The van der Waals surface area contributed by atoms with Crippen molar-refractivity contribution in [2.24, 2.45) is 0 Å². The molecule has 2 amide bonds. The number of carboxylic acid groups (broad SMARTS) is 1. The number of fused-ring (bicyclic) bond motifs is 2. The molecule has 1 saturated heterocycles. The number of rotatable bonds is 5. The van der Waals surface area contributed by atoms with Crippen LogP contribution in [0.25, 0.3) is 33.1 Å². The van der Waals surface area contributed by atoms with Crippen LogP contribution in [0.3, 0.4) is 0 Å². The average Bonchev–Trinajstić information content (AvgIpc) is 3.36. The summed E-state index contributed by atoms with van der Waals surface area (Å²) in [5.74, 6) is 0.511. The Bertz CT molecular complexity index is 1640. The molecule has 6 rings (SSSR count). The molecular weight excluding hydrogens is 478 g/mol. The number of para-hydroxylation sites is 1. The van der Waals surface area contributed by atoms with Crippen molar-refractivity contribution in [1.82, 2.24) is 9.80 Å². The van der Waals surface area contributed by atoms with Crippen LogP contribution in [0, 0.1) is 0 Å². The molecule has 0 spiro atoms. The zero-order valence-corrected chi connectivity index (χ0v) is 20.8. The number of benzene rings is 4. The second-order valence-electron chi connectivity index (χ2n) is 9.56. The van der Waals surface area contributed by atoms with Gasteiger partial charge in [0.25, 0.3) is 5.91 Å². The number of piperazine rings is 1. The molecule has 190 valence electrons. The first-order chi connectivity index (χ1) is 18.5. The maximum absolute atomic E-state index is 13.3. The topological polar surface area (TPSA) is 86.0 Å². The molecule has 0 radical (unpaired) electrons. The monoisotopic (exact) mass is 505 g/mol. The molecule has 1 fully saturated rings. The predicted molar refractivity (Wildman–Crippen MR) is 148 cm³/mol. The van der Waals surface area contributed by atoms with Gasteiger partial charge in [-0.25, -0.2) is 4.79 Å². The summed E-state index contributed by atoms with van der Waals surface area (Å²) in [7, 11) is 0. The van der Waals surface area contributed by atoms with Crippen LogP contribution in [-0.2, 0) is 6.54 Å². The third-order valence-electron chi connectivity index (χ3n) is 7.11. The number of nitrogens with zero attached hydrogens (tertiary/aromatic N) is 2. The maximum atomic E-state index is 13.3. The van der Waals surface area contributed by atoms with E-state index in [1.807, 2.05) is 84.9 Å². The third-order valence-corrected chi connectivity index (χ3v) is 7.11. The highest BCUT2D eigenvalue weighted by Gasteiger charge is 2.21. The van der Waals surface area contributed by atoms with E-state index in [2.05, 4.69) is 16.3 Å². The highest BCUT2D eigenvalue weighted by atomic mass is 16.4. The van der Waals surface area contributed by atoms with E-state index < -0.39 is 6.09 Å². The fourth-order valence-electron chi connectivity index (χ4n) is 5.08. The molecule has 1 aromatic heterocycles. The largest absolute Gasteiger partial charge is 0.465 e. The quantitative estimate of drug-likeness (QED) is 0.293. The normalized spacial score (nSPS) is 14.2. The lowest BCUT2D eigenvalue weighted by atomic mass is 10.0. The molecule has 2 N–H and O–H groups in total. The molecule has 38 heavy (non-hydrogen) atoms. The average molecular weight is 506 g/mol. The molecule has 7 nitrogen and oxygen atoms in total. The van der Waals surface area contributed by atoms with Crippen molar-refractivity contribution in [3.05, 3.63) is 102 Å². The zero-order valence-electron chi connectivity index (χ0n) is 20.8. The predicted octanol–water partition coefficient (Wildman–Crippen LogP) is 6.30. The number of carbonyl (C=O) groups is 2. The number of nitrogens with one attached hydrogen (secondary N) is 1. The molecule has 0 saturated carbocycles. The van der Waals surface area contributed by atoms with E-state index in [0.717, 1.165) is 39.4 Å². The van der Waals surface area contributed by atoms with Gasteiger partial charge in [-0.1, -0.05) is 60.7 Å². The molecule has 1 aliphatic heterocycles. The van der Waals surface area contributed by atoms with Crippen LogP contribution in [0.4, 0.5) is 10.5 Å². The van der Waals surface area contributed by atoms with E-state index in [4.69, 9.17) is 9.52 Å². The Morgan fingerprint density at radius 3 is 2.42 bits per heavy atom. The summed E-state index contributed by atoms with van der Waals surface area (Å²) in [6, 6.07) is 29.4. The number of anilines is 1. The first-order valence-electron chi connectivity index (χ1n) is 12.7. The first kappa shape index (κ1) is 23.8. The summed E-state index contributed by atoms with van der Waals surface area (Å²) in [4.78, 5) is 28.2. The van der Waals surface area contributed by atoms with Crippen LogP contribution in [-0.4, -0.2) is 53.1 Å². The van der Waals surface area contributed by atoms with Crippen molar-refractivity contribution in [2.45, 2.75) is 6.54 Å². The SMILES string of the molecule is O=C(Nc1ccccc1-c1cc2ccc(CN3CCN(C(=O)O)CC3)cc2o1)c1cccc2ccccc12. The van der Waals surface area contributed by atoms with Crippen LogP contribution in [0.1, 0.15) is 15.9 Å². The van der Waals surface area contributed by atoms with E-state index in [1.165, 1.54) is 4.90 Å². The van der Waals surface area contributed by atoms with Gasteiger partial charge in [0.2, 0.25) is 0 Å². The highest BCUT2D eigenvalue weighted by Crippen LogP contribution is 2.34. The molecule has 4 aromatic carbocycles. The van der Waals surface area contributed by atoms with E-state index in [0.29, 0.717) is 43.2 Å². The Kier molecular flexibility index (Phi) is 6.27. The molecule has 0 unspecified atom stereocenters. The van der Waals surface area contributed by atoms with Gasteiger partial charge < -0.3 is 19.7 Å². The number of hydrogen-bond acceptors (Lipinski definition) is 4. The molecular formula is C31H27N3O4. The summed E-state index contributed by atoms with van der Waals surface area (Å²) >= 11 is 0. The van der Waals surface area contributed by atoms with Gasteiger partial charge in [-0.3, -0.25) is 9.69 Å². The lowest BCUT2D eigenvalue weighted by Gasteiger charge is -2.33. The fraction of sp³-hybridized carbons (Fsp3) is 0.161. The summed E-state index contributed by atoms with van der Waals surface area (Å²) in [5.41, 5.74) is 4.00. The molecule has 1 aliphatic rings. The summed E-state index contributed by atoms with van der Waals surface area (Å²) in [5, 5.41) is 15.2. The van der Waals surface area contributed by atoms with Gasteiger partial charge in [-0.15, -0.1) is 0 Å². The minimum atomic E-state index is -0.859. The number of amides is 2. The van der Waals surface area contributed by atoms with Gasteiger partial charge >= 0.3 is 6.09 Å². The molecule has 7 heteroatoms. The second-order valence-corrected chi connectivity index (χ2v) is 9.56. The van der Waals surface area contributed by atoms with Crippen LogP contribution < -0.4 is 5.32 Å². The van der Waals surface area contributed by atoms with E-state index in [-0.39, 0.29) is 5.91 Å². The number of furan rings is 1. The lowest BCUT2D eigenvalue weighted by molar-refractivity contribution is 0.102. The van der Waals surface area contributed by atoms with Gasteiger partial charge in [0.15, 0.2) is 0 Å². The molecule has 5 aromatic rings. The van der Waals surface area contributed by atoms with Crippen LogP contribution >= 0.6 is 0 Å². The smallest absolute Gasteiger partial charge is 0.407 e. The Balaban J connectivity index is 1.23. The summed E-state index contributed by atoms with van der Waals surface area (Å²) < 4.78 is 6.27. The van der Waals surface area contributed by atoms with Crippen molar-refractivity contribution >= 4 is 39.4 Å². The Hall–Kier alpha value is -4.62. The molecule has 0 atom stereocenters. The fourth-order valence-corrected chi connectivity index (χ4v) is 5.08. The molecule has 2 heterocycles. The van der Waals surface area contributed by atoms with Crippen molar-refractivity contribution in [1.29, 1.82) is 0 Å². The Morgan fingerprint density at radius 1 is 0.816 bits per heavy atom. The van der Waals surface area contributed by atoms with Crippen LogP contribution in [0.15, 0.2) is 95.4 Å². The highest BCUT2D eigenvalue weighted by molar-refractivity contribution is 6.14. The van der Waals surface area contributed by atoms with Gasteiger partial charge in [-0.05, 0) is 46.7 Å².